The Labute approximate surface area is 136 Å². The Kier molecular flexibility index (Phi) is 4.82. The number of carbonyl (C=O) groups is 1. The molecule has 3 rings (SSSR count). The van der Waals surface area contributed by atoms with E-state index in [0.717, 1.165) is 64.5 Å². The van der Waals surface area contributed by atoms with E-state index in [1.54, 1.807) is 0 Å². The van der Waals surface area contributed by atoms with E-state index in [1.807, 2.05) is 18.5 Å². The van der Waals surface area contributed by atoms with E-state index in [4.69, 9.17) is 4.74 Å². The van der Waals surface area contributed by atoms with Crippen molar-refractivity contribution in [2.75, 3.05) is 38.2 Å². The van der Waals surface area contributed by atoms with Gasteiger partial charge in [-0.05, 0) is 26.7 Å². The zero-order chi connectivity index (χ0) is 16.3. The number of fused-ring (bicyclic) bond motifs is 1. The summed E-state index contributed by atoms with van der Waals surface area (Å²) in [5.74, 6) is 1.35. The first-order valence-electron chi connectivity index (χ1n) is 8.35. The molecule has 3 heterocycles. The molecule has 0 atom stereocenters. The highest BCUT2D eigenvalue weighted by Crippen LogP contribution is 2.14. The largest absolute Gasteiger partial charge is 0.379 e. The summed E-state index contributed by atoms with van der Waals surface area (Å²) in [5, 5.41) is 10.1. The summed E-state index contributed by atoms with van der Waals surface area (Å²) in [7, 11) is 0. The molecule has 1 saturated heterocycles. The second kappa shape index (κ2) is 6.84. The van der Waals surface area contributed by atoms with Crippen molar-refractivity contribution < 1.29 is 9.53 Å². The molecule has 0 saturated carbocycles. The van der Waals surface area contributed by atoms with Crippen LogP contribution in [0.15, 0.2) is 0 Å². The molecular formula is C15H26N6O2. The van der Waals surface area contributed by atoms with Gasteiger partial charge in [0.1, 0.15) is 5.82 Å². The summed E-state index contributed by atoms with van der Waals surface area (Å²) >= 11 is 0. The van der Waals surface area contributed by atoms with Crippen LogP contribution in [0.1, 0.15) is 32.5 Å². The minimum atomic E-state index is -0.333. The van der Waals surface area contributed by atoms with Crippen LogP contribution >= 0.6 is 0 Å². The van der Waals surface area contributed by atoms with Gasteiger partial charge in [0, 0.05) is 38.1 Å². The van der Waals surface area contributed by atoms with E-state index >= 15 is 0 Å². The maximum absolute atomic E-state index is 12.2. The van der Waals surface area contributed by atoms with Crippen LogP contribution in [0.5, 0.6) is 0 Å². The van der Waals surface area contributed by atoms with Crippen LogP contribution in [0.4, 0.5) is 10.7 Å². The van der Waals surface area contributed by atoms with Crippen molar-refractivity contribution in [2.24, 2.45) is 0 Å². The maximum Gasteiger partial charge on any atom is 0.322 e. The Balaban J connectivity index is 1.52. The zero-order valence-electron chi connectivity index (χ0n) is 14.0. The van der Waals surface area contributed by atoms with Gasteiger partial charge in [-0.15, -0.1) is 5.10 Å². The fraction of sp³-hybridized carbons (Fsp3) is 0.800. The molecule has 2 aliphatic heterocycles. The molecule has 2 amide bonds. The number of nitrogens with zero attached hydrogens (tertiary/aromatic N) is 4. The maximum atomic E-state index is 12.2. The van der Waals surface area contributed by atoms with Crippen molar-refractivity contribution in [1.29, 1.82) is 0 Å². The number of carbonyl (C=O) groups excluding carboxylic acids is 1. The van der Waals surface area contributed by atoms with Gasteiger partial charge in [0.25, 0.3) is 0 Å². The predicted octanol–water partition coefficient (Wildman–Crippen LogP) is 0.847. The molecule has 0 radical (unpaired) electrons. The van der Waals surface area contributed by atoms with Gasteiger partial charge in [-0.2, -0.15) is 4.98 Å². The Morgan fingerprint density at radius 1 is 1.26 bits per heavy atom. The number of morpholine rings is 1. The molecule has 1 fully saturated rings. The van der Waals surface area contributed by atoms with Crippen molar-refractivity contribution >= 4 is 12.0 Å². The minimum absolute atomic E-state index is 0.258. The van der Waals surface area contributed by atoms with E-state index in [-0.39, 0.29) is 11.6 Å². The van der Waals surface area contributed by atoms with Crippen molar-refractivity contribution in [3.8, 4) is 0 Å². The lowest BCUT2D eigenvalue weighted by molar-refractivity contribution is 0.0282. The fourth-order valence-electron chi connectivity index (χ4n) is 3.13. The zero-order valence-corrected chi connectivity index (χ0v) is 14.0. The first-order valence-corrected chi connectivity index (χ1v) is 8.35. The lowest BCUT2D eigenvalue weighted by Crippen LogP contribution is -2.54. The smallest absolute Gasteiger partial charge is 0.322 e. The predicted molar refractivity (Wildman–Crippen MR) is 86.5 cm³/mol. The summed E-state index contributed by atoms with van der Waals surface area (Å²) in [6.07, 6.45) is 3.18. The highest BCUT2D eigenvalue weighted by Gasteiger charge is 2.25. The topological polar surface area (TPSA) is 84.3 Å². The number of nitrogens with one attached hydrogen (secondary N) is 2. The number of amides is 2. The van der Waals surface area contributed by atoms with E-state index in [2.05, 4.69) is 25.6 Å². The van der Waals surface area contributed by atoms with Crippen molar-refractivity contribution in [2.45, 2.75) is 45.2 Å². The van der Waals surface area contributed by atoms with Gasteiger partial charge in [0.05, 0.1) is 13.2 Å². The van der Waals surface area contributed by atoms with Crippen LogP contribution in [0.3, 0.4) is 0 Å². The first kappa shape index (κ1) is 16.2. The van der Waals surface area contributed by atoms with Gasteiger partial charge in [-0.1, -0.05) is 0 Å². The van der Waals surface area contributed by atoms with Crippen molar-refractivity contribution in [3.05, 3.63) is 5.82 Å². The Hall–Kier alpha value is -1.67. The normalized spacial score (nSPS) is 19.2. The van der Waals surface area contributed by atoms with Crippen LogP contribution in [0.25, 0.3) is 0 Å². The number of anilines is 1. The monoisotopic (exact) mass is 322 g/mol. The second-order valence-electron chi connectivity index (χ2n) is 6.88. The third kappa shape index (κ3) is 4.42. The number of rotatable bonds is 4. The molecule has 1 aromatic rings. The molecular weight excluding hydrogens is 296 g/mol. The lowest BCUT2D eigenvalue weighted by atomic mass is 10.1. The van der Waals surface area contributed by atoms with Gasteiger partial charge >= 0.3 is 6.03 Å². The SMILES string of the molecule is CC(C)(CN1CCOCC1)NC(=O)Nc1nc2n(n1)CCCC2. The minimum Gasteiger partial charge on any atom is -0.379 e. The van der Waals surface area contributed by atoms with Gasteiger partial charge in [-0.25, -0.2) is 9.48 Å². The third-order valence-electron chi connectivity index (χ3n) is 4.17. The number of urea groups is 1. The summed E-state index contributed by atoms with van der Waals surface area (Å²) < 4.78 is 7.24. The molecule has 1 aromatic heterocycles. The number of hydrogen-bond donors (Lipinski definition) is 2. The fourth-order valence-corrected chi connectivity index (χ4v) is 3.13. The standard InChI is InChI=1S/C15H26N6O2/c1-15(2,11-20-7-9-23-10-8-20)18-14(22)17-13-16-12-5-3-4-6-21(12)19-13/h3-11H2,1-2H3,(H2,17,18,19,22). The van der Waals surface area contributed by atoms with Crippen LogP contribution in [0, 0.1) is 0 Å². The quantitative estimate of drug-likeness (QED) is 0.858. The van der Waals surface area contributed by atoms with Crippen molar-refractivity contribution in [1.82, 2.24) is 25.0 Å². The molecule has 8 heteroatoms. The van der Waals surface area contributed by atoms with Crippen LogP contribution in [-0.4, -0.2) is 64.1 Å². The Morgan fingerprint density at radius 2 is 2.04 bits per heavy atom. The van der Waals surface area contributed by atoms with Crippen molar-refractivity contribution in [3.63, 3.8) is 0 Å². The summed E-state index contributed by atoms with van der Waals surface area (Å²) in [4.78, 5) is 18.9. The van der Waals surface area contributed by atoms with Crippen LogP contribution in [-0.2, 0) is 17.7 Å². The molecule has 8 nitrogen and oxygen atoms in total. The molecule has 0 spiro atoms. The van der Waals surface area contributed by atoms with Crippen LogP contribution in [0.2, 0.25) is 0 Å². The second-order valence-corrected chi connectivity index (χ2v) is 6.88. The molecule has 0 aromatic carbocycles. The number of hydrogen-bond acceptors (Lipinski definition) is 5. The molecule has 128 valence electrons. The molecule has 2 aliphatic rings. The molecule has 0 unspecified atom stereocenters. The average molecular weight is 322 g/mol. The highest BCUT2D eigenvalue weighted by molar-refractivity contribution is 5.87. The van der Waals surface area contributed by atoms with Gasteiger partial charge in [0.15, 0.2) is 0 Å². The van der Waals surface area contributed by atoms with Gasteiger partial charge < -0.3 is 10.1 Å². The third-order valence-corrected chi connectivity index (χ3v) is 4.17. The number of aryl methyl sites for hydroxylation is 2. The van der Waals surface area contributed by atoms with Gasteiger partial charge in [-0.3, -0.25) is 10.2 Å². The van der Waals surface area contributed by atoms with Gasteiger partial charge in [0.2, 0.25) is 5.95 Å². The van der Waals surface area contributed by atoms with E-state index < -0.39 is 0 Å². The Bertz CT molecular complexity index is 527. The molecule has 23 heavy (non-hydrogen) atoms. The Morgan fingerprint density at radius 3 is 2.78 bits per heavy atom. The molecule has 0 aliphatic carbocycles. The highest BCUT2D eigenvalue weighted by atomic mass is 16.5. The number of ether oxygens (including phenoxy) is 1. The summed E-state index contributed by atoms with van der Waals surface area (Å²) in [6, 6.07) is -0.258. The lowest BCUT2D eigenvalue weighted by Gasteiger charge is -2.35. The van der Waals surface area contributed by atoms with Crippen LogP contribution < -0.4 is 10.6 Å². The van der Waals surface area contributed by atoms with E-state index in [9.17, 15) is 4.79 Å². The summed E-state index contributed by atoms with van der Waals surface area (Å²) in [5.41, 5.74) is -0.333. The molecule has 0 bridgehead atoms. The summed E-state index contributed by atoms with van der Waals surface area (Å²) in [6.45, 7) is 9.04. The van der Waals surface area contributed by atoms with E-state index in [1.165, 1.54) is 0 Å². The average Bonchev–Trinajstić information content (AvgIpc) is 2.88. The number of aromatic nitrogens is 3. The van der Waals surface area contributed by atoms with E-state index in [0.29, 0.717) is 5.95 Å². The first-order chi connectivity index (χ1) is 11.0. The molecule has 2 N–H and O–H groups in total.